The van der Waals surface area contributed by atoms with E-state index >= 15 is 0 Å². The fraction of sp³-hybridized carbons (Fsp3) is 0.435. The molecule has 1 aromatic heterocycles. The molecule has 1 aromatic carbocycles. The van der Waals surface area contributed by atoms with Gasteiger partial charge < -0.3 is 20.5 Å². The quantitative estimate of drug-likeness (QED) is 0.657. The molecule has 4 rings (SSSR count). The first-order valence-electron chi connectivity index (χ1n) is 10.7. The summed E-state index contributed by atoms with van der Waals surface area (Å²) in [6.45, 7) is 3.24. The summed E-state index contributed by atoms with van der Waals surface area (Å²) in [6, 6.07) is 5.61. The molecule has 34 heavy (non-hydrogen) atoms. The predicted octanol–water partition coefficient (Wildman–Crippen LogP) is 2.34. The molecule has 1 unspecified atom stereocenters. The molecule has 1 spiro atoms. The van der Waals surface area contributed by atoms with Crippen molar-refractivity contribution >= 4 is 27.3 Å². The highest BCUT2D eigenvalue weighted by Gasteiger charge is 2.61. The second-order valence-electron chi connectivity index (χ2n) is 8.98. The van der Waals surface area contributed by atoms with Crippen molar-refractivity contribution in [2.45, 2.75) is 43.1 Å². The first kappa shape index (κ1) is 24.1. The van der Waals surface area contributed by atoms with Crippen LogP contribution in [0.2, 0.25) is 0 Å². The van der Waals surface area contributed by atoms with Crippen LogP contribution >= 0.6 is 0 Å². The SMILES string of the molecule is COc1cnc(C(=O)Nc2ccc(F)c(C3(C)CS(=O)(=O)C4(CC(OC)C4)C(N)=N3)c2)c(C)c1. The molecule has 9 nitrogen and oxygen atoms in total. The van der Waals surface area contributed by atoms with E-state index in [2.05, 4.69) is 15.3 Å². The van der Waals surface area contributed by atoms with Crippen molar-refractivity contribution in [3.63, 3.8) is 0 Å². The highest BCUT2D eigenvalue weighted by Crippen LogP contribution is 2.48. The van der Waals surface area contributed by atoms with Gasteiger partial charge in [-0.1, -0.05) is 0 Å². The Labute approximate surface area is 197 Å². The lowest BCUT2D eigenvalue weighted by atomic mass is 9.79. The van der Waals surface area contributed by atoms with Crippen molar-refractivity contribution in [1.82, 2.24) is 4.98 Å². The van der Waals surface area contributed by atoms with Gasteiger partial charge in [0, 0.05) is 31.2 Å². The van der Waals surface area contributed by atoms with Gasteiger partial charge in [0.1, 0.15) is 33.4 Å². The molecule has 3 N–H and O–H groups in total. The monoisotopic (exact) mass is 490 g/mol. The third-order valence-electron chi connectivity index (χ3n) is 6.66. The maximum atomic E-state index is 14.9. The van der Waals surface area contributed by atoms with Crippen molar-refractivity contribution in [1.29, 1.82) is 0 Å². The standard InChI is InChI=1S/C23H27FN4O5S/c1-13-7-15(32-3)11-26-19(13)20(29)27-14-5-6-18(24)17(8-14)22(2)12-34(30,31)23(21(25)28-22)9-16(10-23)33-4/h5-8,11,16H,9-10,12H2,1-4H3,(H2,25,28)(H,27,29). The number of carbonyl (C=O) groups excluding carboxylic acids is 1. The Bertz CT molecular complexity index is 1290. The second kappa shape index (κ2) is 8.31. The number of benzene rings is 1. The minimum Gasteiger partial charge on any atom is -0.495 e. The number of amidine groups is 1. The summed E-state index contributed by atoms with van der Waals surface area (Å²) in [5.74, 6) is -1.08. The van der Waals surface area contributed by atoms with Crippen LogP contribution in [0.5, 0.6) is 5.75 Å². The summed E-state index contributed by atoms with van der Waals surface area (Å²) in [6.07, 6.45) is 1.67. The highest BCUT2D eigenvalue weighted by molar-refractivity contribution is 7.93. The fourth-order valence-electron chi connectivity index (χ4n) is 4.62. The average molecular weight is 491 g/mol. The number of pyridine rings is 1. The molecular weight excluding hydrogens is 463 g/mol. The van der Waals surface area contributed by atoms with Gasteiger partial charge in [-0.2, -0.15) is 0 Å². The average Bonchev–Trinajstić information content (AvgIpc) is 2.72. The number of rotatable bonds is 5. The van der Waals surface area contributed by atoms with Gasteiger partial charge in [-0.15, -0.1) is 0 Å². The fourth-order valence-corrected chi connectivity index (χ4v) is 7.10. The zero-order valence-corrected chi connectivity index (χ0v) is 20.2. The summed E-state index contributed by atoms with van der Waals surface area (Å²) < 4.78 is 50.5. The Morgan fingerprint density at radius 3 is 2.56 bits per heavy atom. The van der Waals surface area contributed by atoms with Gasteiger partial charge in [0.05, 0.1) is 25.2 Å². The van der Waals surface area contributed by atoms with E-state index < -0.39 is 37.6 Å². The first-order valence-corrected chi connectivity index (χ1v) is 12.3. The first-order chi connectivity index (χ1) is 15.9. The number of aryl methyl sites for hydroxylation is 1. The summed E-state index contributed by atoms with van der Waals surface area (Å²) >= 11 is 0. The van der Waals surface area contributed by atoms with Crippen LogP contribution in [0.4, 0.5) is 10.1 Å². The van der Waals surface area contributed by atoms with E-state index in [1.165, 1.54) is 39.5 Å². The predicted molar refractivity (Wildman–Crippen MR) is 125 cm³/mol. The van der Waals surface area contributed by atoms with Gasteiger partial charge in [-0.3, -0.25) is 9.79 Å². The van der Waals surface area contributed by atoms with E-state index in [1.54, 1.807) is 13.0 Å². The molecule has 1 atom stereocenters. The number of halogens is 1. The van der Waals surface area contributed by atoms with Crippen LogP contribution in [0, 0.1) is 12.7 Å². The molecular formula is C23H27FN4O5S. The van der Waals surface area contributed by atoms with E-state index in [-0.39, 0.29) is 41.7 Å². The molecule has 1 saturated carbocycles. The molecule has 2 aromatic rings. The van der Waals surface area contributed by atoms with E-state index in [1.807, 2.05) is 0 Å². The number of nitrogens with one attached hydrogen (secondary N) is 1. The number of methoxy groups -OCH3 is 2. The number of hydrogen-bond acceptors (Lipinski definition) is 8. The summed E-state index contributed by atoms with van der Waals surface area (Å²) in [5, 5.41) is 2.69. The lowest BCUT2D eigenvalue weighted by Gasteiger charge is -2.49. The van der Waals surface area contributed by atoms with Gasteiger partial charge in [0.25, 0.3) is 5.91 Å². The number of nitrogens with zero attached hydrogens (tertiary/aromatic N) is 2. The van der Waals surface area contributed by atoms with E-state index in [0.717, 1.165) is 6.07 Å². The lowest BCUT2D eigenvalue weighted by Crippen LogP contribution is -2.66. The Hall–Kier alpha value is -3.05. The van der Waals surface area contributed by atoms with Crippen molar-refractivity contribution < 1.29 is 27.1 Å². The highest BCUT2D eigenvalue weighted by atomic mass is 32.2. The molecule has 182 valence electrons. The maximum Gasteiger partial charge on any atom is 0.274 e. The molecule has 0 saturated heterocycles. The number of anilines is 1. The number of carbonyl (C=O) groups is 1. The number of hydrogen-bond donors (Lipinski definition) is 2. The Balaban J connectivity index is 1.66. The number of amides is 1. The molecule has 1 fully saturated rings. The third-order valence-corrected chi connectivity index (χ3v) is 9.33. The van der Waals surface area contributed by atoms with Crippen molar-refractivity contribution in [3.05, 3.63) is 53.1 Å². The van der Waals surface area contributed by atoms with Gasteiger partial charge >= 0.3 is 0 Å². The van der Waals surface area contributed by atoms with E-state index in [4.69, 9.17) is 15.2 Å². The van der Waals surface area contributed by atoms with Gasteiger partial charge in [0.2, 0.25) is 0 Å². The molecule has 2 aliphatic rings. The Morgan fingerprint density at radius 1 is 1.26 bits per heavy atom. The Morgan fingerprint density at radius 2 is 1.97 bits per heavy atom. The normalized spacial score (nSPS) is 27.6. The zero-order chi connectivity index (χ0) is 24.9. The van der Waals surface area contributed by atoms with E-state index in [0.29, 0.717) is 11.3 Å². The molecule has 2 heterocycles. The topological polar surface area (TPSA) is 133 Å². The van der Waals surface area contributed by atoms with Gasteiger partial charge in [0.15, 0.2) is 9.84 Å². The molecule has 1 amide bonds. The Kier molecular flexibility index (Phi) is 5.89. The minimum atomic E-state index is -3.75. The molecule has 1 aliphatic heterocycles. The maximum absolute atomic E-state index is 14.9. The number of sulfone groups is 1. The van der Waals surface area contributed by atoms with E-state index in [9.17, 15) is 17.6 Å². The lowest BCUT2D eigenvalue weighted by molar-refractivity contribution is 0.0292. The van der Waals surface area contributed by atoms with Crippen LogP contribution in [-0.2, 0) is 20.1 Å². The van der Waals surface area contributed by atoms with Crippen LogP contribution in [0.3, 0.4) is 0 Å². The number of ether oxygens (including phenoxy) is 2. The third kappa shape index (κ3) is 3.82. The largest absolute Gasteiger partial charge is 0.495 e. The number of aromatic nitrogens is 1. The molecule has 11 heteroatoms. The van der Waals surface area contributed by atoms with Crippen LogP contribution in [0.15, 0.2) is 35.5 Å². The van der Waals surface area contributed by atoms with Crippen LogP contribution in [0.25, 0.3) is 0 Å². The summed E-state index contributed by atoms with van der Waals surface area (Å²) in [4.78, 5) is 21.4. The summed E-state index contributed by atoms with van der Waals surface area (Å²) in [7, 11) is -0.737. The van der Waals surface area contributed by atoms with Gasteiger partial charge in [-0.05, 0) is 43.7 Å². The van der Waals surface area contributed by atoms with Crippen LogP contribution in [-0.4, -0.2) is 56.0 Å². The van der Waals surface area contributed by atoms with Gasteiger partial charge in [-0.25, -0.2) is 17.8 Å². The van der Waals surface area contributed by atoms with Crippen molar-refractivity contribution in [3.8, 4) is 5.75 Å². The zero-order valence-electron chi connectivity index (χ0n) is 19.4. The van der Waals surface area contributed by atoms with Crippen LogP contribution < -0.4 is 15.8 Å². The minimum absolute atomic E-state index is 0.0219. The molecule has 0 bridgehead atoms. The molecule has 0 radical (unpaired) electrons. The number of nitrogens with two attached hydrogens (primary N) is 1. The smallest absolute Gasteiger partial charge is 0.274 e. The second-order valence-corrected chi connectivity index (χ2v) is 11.3. The van der Waals surface area contributed by atoms with Crippen molar-refractivity contribution in [2.24, 2.45) is 10.7 Å². The number of aliphatic imine (C=N–C) groups is 1. The molecule has 1 aliphatic carbocycles. The van der Waals surface area contributed by atoms with Crippen molar-refractivity contribution in [2.75, 3.05) is 25.3 Å². The summed E-state index contributed by atoms with van der Waals surface area (Å²) in [5.41, 5.74) is 5.79. The van der Waals surface area contributed by atoms with Crippen LogP contribution in [0.1, 0.15) is 41.4 Å².